The molecule has 0 aliphatic rings. The van der Waals surface area contributed by atoms with Crippen LogP contribution < -0.4 is 0 Å². The lowest BCUT2D eigenvalue weighted by molar-refractivity contribution is 0.626. The first kappa shape index (κ1) is 9.08. The van der Waals surface area contributed by atoms with Crippen LogP contribution in [-0.2, 0) is 5.88 Å². The molecular formula is C8H6ClFN4. The smallest absolute Gasteiger partial charge is 0.171 e. The Morgan fingerprint density at radius 3 is 2.64 bits per heavy atom. The number of aromatic nitrogens is 4. The molecule has 0 unspecified atom stereocenters. The zero-order valence-electron chi connectivity index (χ0n) is 7.06. The number of rotatable bonds is 2. The molecule has 0 saturated carbocycles. The first-order chi connectivity index (χ1) is 6.81. The molecule has 0 radical (unpaired) electrons. The van der Waals surface area contributed by atoms with Crippen molar-refractivity contribution in [1.29, 1.82) is 0 Å². The van der Waals surface area contributed by atoms with Gasteiger partial charge < -0.3 is 0 Å². The van der Waals surface area contributed by atoms with E-state index in [1.807, 2.05) is 0 Å². The summed E-state index contributed by atoms with van der Waals surface area (Å²) in [6.07, 6.45) is 0. The third-order valence-corrected chi connectivity index (χ3v) is 1.96. The van der Waals surface area contributed by atoms with Crippen LogP contribution in [0, 0.1) is 5.82 Å². The maximum atomic E-state index is 12.6. The Morgan fingerprint density at radius 1 is 1.29 bits per heavy atom. The summed E-state index contributed by atoms with van der Waals surface area (Å²) in [5.74, 6) is 0.442. The van der Waals surface area contributed by atoms with Crippen molar-refractivity contribution < 1.29 is 4.39 Å². The topological polar surface area (TPSA) is 43.6 Å². The van der Waals surface area contributed by atoms with E-state index >= 15 is 0 Å². The second-order valence-corrected chi connectivity index (χ2v) is 2.88. The largest absolute Gasteiger partial charge is 0.207 e. The molecule has 0 fully saturated rings. The molecule has 0 atom stereocenters. The van der Waals surface area contributed by atoms with Crippen molar-refractivity contribution in [2.24, 2.45) is 0 Å². The van der Waals surface area contributed by atoms with Crippen LogP contribution in [-0.4, -0.2) is 20.2 Å². The van der Waals surface area contributed by atoms with Crippen LogP contribution in [0.3, 0.4) is 0 Å². The molecule has 1 heterocycles. The van der Waals surface area contributed by atoms with Crippen LogP contribution in [0.25, 0.3) is 5.69 Å². The number of nitrogens with zero attached hydrogens (tertiary/aromatic N) is 4. The zero-order chi connectivity index (χ0) is 9.97. The molecule has 0 N–H and O–H groups in total. The van der Waals surface area contributed by atoms with Crippen LogP contribution in [0.2, 0.25) is 0 Å². The SMILES string of the molecule is Fc1ccc(-n2nnnc2CCl)cc1. The van der Waals surface area contributed by atoms with E-state index in [4.69, 9.17) is 11.6 Å². The number of alkyl halides is 1. The first-order valence-corrected chi connectivity index (χ1v) is 4.44. The Morgan fingerprint density at radius 2 is 2.00 bits per heavy atom. The van der Waals surface area contributed by atoms with Crippen molar-refractivity contribution in [3.05, 3.63) is 35.9 Å². The molecule has 0 amide bonds. The molecule has 0 aliphatic heterocycles. The molecule has 14 heavy (non-hydrogen) atoms. The van der Waals surface area contributed by atoms with Gasteiger partial charge in [0.05, 0.1) is 11.6 Å². The normalized spacial score (nSPS) is 10.4. The van der Waals surface area contributed by atoms with Crippen molar-refractivity contribution >= 4 is 11.6 Å². The Balaban J connectivity index is 2.44. The van der Waals surface area contributed by atoms with Crippen molar-refractivity contribution in [3.8, 4) is 5.69 Å². The third kappa shape index (κ3) is 1.58. The zero-order valence-corrected chi connectivity index (χ0v) is 7.82. The van der Waals surface area contributed by atoms with E-state index in [1.54, 1.807) is 12.1 Å². The maximum absolute atomic E-state index is 12.6. The minimum absolute atomic E-state index is 0.213. The van der Waals surface area contributed by atoms with Gasteiger partial charge in [0, 0.05) is 0 Å². The highest BCUT2D eigenvalue weighted by Gasteiger charge is 2.05. The van der Waals surface area contributed by atoms with Crippen molar-refractivity contribution in [3.63, 3.8) is 0 Å². The molecule has 2 rings (SSSR count). The number of hydrogen-bond donors (Lipinski definition) is 0. The van der Waals surface area contributed by atoms with Gasteiger partial charge in [-0.25, -0.2) is 4.39 Å². The molecule has 6 heteroatoms. The highest BCUT2D eigenvalue weighted by Crippen LogP contribution is 2.09. The molecule has 1 aromatic carbocycles. The number of tetrazole rings is 1. The fourth-order valence-electron chi connectivity index (χ4n) is 1.07. The van der Waals surface area contributed by atoms with Gasteiger partial charge in [0.1, 0.15) is 5.82 Å². The van der Waals surface area contributed by atoms with Gasteiger partial charge in [-0.15, -0.1) is 16.7 Å². The van der Waals surface area contributed by atoms with E-state index < -0.39 is 0 Å². The summed E-state index contributed by atoms with van der Waals surface area (Å²) >= 11 is 5.62. The Hall–Kier alpha value is -1.49. The fraction of sp³-hybridized carbons (Fsp3) is 0.125. The van der Waals surface area contributed by atoms with Gasteiger partial charge in [0.15, 0.2) is 5.82 Å². The van der Waals surface area contributed by atoms with E-state index in [-0.39, 0.29) is 11.7 Å². The Bertz CT molecular complexity index is 425. The van der Waals surface area contributed by atoms with Gasteiger partial charge in [0.25, 0.3) is 0 Å². The number of halogens is 2. The van der Waals surface area contributed by atoms with E-state index in [0.29, 0.717) is 11.5 Å². The average Bonchev–Trinajstić information content (AvgIpc) is 2.67. The minimum atomic E-state index is -0.297. The average molecular weight is 213 g/mol. The summed E-state index contributed by atoms with van der Waals surface area (Å²) in [4.78, 5) is 0. The predicted molar refractivity (Wildman–Crippen MR) is 48.7 cm³/mol. The van der Waals surface area contributed by atoms with Crippen molar-refractivity contribution in [1.82, 2.24) is 20.2 Å². The standard InChI is InChI=1S/C8H6ClFN4/c9-5-8-11-12-13-14(8)7-3-1-6(10)2-4-7/h1-4H,5H2. The molecule has 72 valence electrons. The molecule has 0 aliphatic carbocycles. The lowest BCUT2D eigenvalue weighted by atomic mass is 10.3. The first-order valence-electron chi connectivity index (χ1n) is 3.90. The van der Waals surface area contributed by atoms with Crippen LogP contribution in [0.5, 0.6) is 0 Å². The molecule has 2 aromatic rings. The van der Waals surface area contributed by atoms with Gasteiger partial charge in [-0.1, -0.05) is 0 Å². The van der Waals surface area contributed by atoms with Gasteiger partial charge in [0.2, 0.25) is 0 Å². The highest BCUT2D eigenvalue weighted by atomic mass is 35.5. The maximum Gasteiger partial charge on any atom is 0.171 e. The van der Waals surface area contributed by atoms with Crippen molar-refractivity contribution in [2.75, 3.05) is 0 Å². The van der Waals surface area contributed by atoms with Crippen LogP contribution >= 0.6 is 11.6 Å². The molecule has 0 spiro atoms. The van der Waals surface area contributed by atoms with Crippen LogP contribution in [0.1, 0.15) is 5.82 Å². The molecule has 4 nitrogen and oxygen atoms in total. The van der Waals surface area contributed by atoms with Gasteiger partial charge in [-0.05, 0) is 34.7 Å². The Labute approximate surface area is 84.3 Å². The van der Waals surface area contributed by atoms with E-state index in [9.17, 15) is 4.39 Å². The summed E-state index contributed by atoms with van der Waals surface area (Å²) in [5, 5.41) is 10.9. The second-order valence-electron chi connectivity index (χ2n) is 2.62. The summed E-state index contributed by atoms with van der Waals surface area (Å²) in [5.41, 5.74) is 0.687. The predicted octanol–water partition coefficient (Wildman–Crippen LogP) is 1.54. The van der Waals surface area contributed by atoms with Gasteiger partial charge >= 0.3 is 0 Å². The summed E-state index contributed by atoms with van der Waals surface area (Å²) in [7, 11) is 0. The monoisotopic (exact) mass is 212 g/mol. The number of benzene rings is 1. The fourth-order valence-corrected chi connectivity index (χ4v) is 1.24. The van der Waals surface area contributed by atoms with Gasteiger partial charge in [-0.3, -0.25) is 0 Å². The molecular weight excluding hydrogens is 207 g/mol. The highest BCUT2D eigenvalue weighted by molar-refractivity contribution is 6.16. The quantitative estimate of drug-likeness (QED) is 0.710. The summed E-state index contributed by atoms with van der Waals surface area (Å²) in [6, 6.07) is 5.85. The van der Waals surface area contributed by atoms with E-state index in [2.05, 4.69) is 15.5 Å². The molecule has 0 saturated heterocycles. The van der Waals surface area contributed by atoms with E-state index in [1.165, 1.54) is 16.8 Å². The van der Waals surface area contributed by atoms with Crippen LogP contribution in [0.4, 0.5) is 4.39 Å². The lowest BCUT2D eigenvalue weighted by Gasteiger charge is -2.00. The number of hydrogen-bond acceptors (Lipinski definition) is 3. The lowest BCUT2D eigenvalue weighted by Crippen LogP contribution is -2.01. The second kappa shape index (κ2) is 3.71. The van der Waals surface area contributed by atoms with Crippen LogP contribution in [0.15, 0.2) is 24.3 Å². The molecule has 0 bridgehead atoms. The van der Waals surface area contributed by atoms with Crippen molar-refractivity contribution in [2.45, 2.75) is 5.88 Å². The summed E-state index contributed by atoms with van der Waals surface area (Å²) in [6.45, 7) is 0. The summed E-state index contributed by atoms with van der Waals surface area (Å²) < 4.78 is 14.1. The third-order valence-electron chi connectivity index (χ3n) is 1.72. The van der Waals surface area contributed by atoms with Gasteiger partial charge in [-0.2, -0.15) is 4.68 Å². The Kier molecular flexibility index (Phi) is 2.41. The molecule has 1 aromatic heterocycles. The van der Waals surface area contributed by atoms with E-state index in [0.717, 1.165) is 0 Å². The minimum Gasteiger partial charge on any atom is -0.207 e.